The summed E-state index contributed by atoms with van der Waals surface area (Å²) >= 11 is 11.9. The normalized spacial score (nSPS) is 23.5. The van der Waals surface area contributed by atoms with Gasteiger partial charge in [0.1, 0.15) is 6.42 Å². The molecule has 2 aliphatic rings. The van der Waals surface area contributed by atoms with Crippen molar-refractivity contribution in [3.63, 3.8) is 0 Å². The molecule has 2 fully saturated rings. The van der Waals surface area contributed by atoms with Gasteiger partial charge in [-0.3, -0.25) is 19.2 Å². The highest BCUT2D eigenvalue weighted by molar-refractivity contribution is 6.67. The standard InChI is InChI=1S/C22H28BCl2N3O8/c1-12(2)7-16(27-17(29)11-26-20(32)14-8-13(24)5-6-15(14)25)23-34-19(31)10-22(36-23,21(33)35-23)9-18(30)28(3)4/h5-6,8,12,16,34H,7,9-11H2,1-4H3,(H,26,32)(H,27,29)/t16-,22-,23?/m0/s1. The number of nitrogens with zero attached hydrogens (tertiary/aromatic N) is 1. The molecule has 3 atom stereocenters. The van der Waals surface area contributed by atoms with Crippen LogP contribution >= 0.6 is 23.2 Å². The van der Waals surface area contributed by atoms with Gasteiger partial charge in [0, 0.05) is 29.9 Å². The predicted molar refractivity (Wildman–Crippen MR) is 131 cm³/mol. The molecule has 0 spiro atoms. The third-order valence-corrected chi connectivity index (χ3v) is 6.47. The summed E-state index contributed by atoms with van der Waals surface area (Å²) in [6.07, 6.45) is -0.600. The van der Waals surface area contributed by atoms with Crippen LogP contribution in [0.2, 0.25) is 10.0 Å². The largest absolute Gasteiger partial charge is 0.717 e. The van der Waals surface area contributed by atoms with Crippen LogP contribution in [-0.4, -0.2) is 78.2 Å². The van der Waals surface area contributed by atoms with E-state index in [9.17, 15) is 24.0 Å². The molecular weight excluding hydrogens is 516 g/mol. The number of amides is 3. The molecule has 1 aromatic carbocycles. The molecule has 3 rings (SSSR count). The number of rotatable bonds is 9. The number of hydrogen-bond acceptors (Lipinski definition) is 7. The van der Waals surface area contributed by atoms with E-state index in [0.717, 1.165) is 0 Å². The average molecular weight is 544 g/mol. The molecule has 2 heterocycles. The van der Waals surface area contributed by atoms with E-state index >= 15 is 0 Å². The van der Waals surface area contributed by atoms with Gasteiger partial charge in [-0.05, 0) is 24.1 Å². The molecule has 3 amide bonds. The number of nitrogens with one attached hydrogen (secondary N) is 2. The molecule has 2 bridgehead atoms. The predicted octanol–water partition coefficient (Wildman–Crippen LogP) is 0.981. The summed E-state index contributed by atoms with van der Waals surface area (Å²) in [5.41, 5.74) is -1.72. The minimum Gasteiger partial charge on any atom is -0.717 e. The molecule has 3 N–H and O–H groups in total. The molecular formula is C22H28BCl2N3O8. The van der Waals surface area contributed by atoms with E-state index in [-0.39, 0.29) is 22.9 Å². The third kappa shape index (κ3) is 5.93. The molecule has 0 aromatic heterocycles. The molecule has 14 heteroatoms. The number of carbonyl (C=O) groups is 5. The lowest BCUT2D eigenvalue weighted by Crippen LogP contribution is -2.67. The Hall–Kier alpha value is -2.83. The number of carboxylic acids is 1. The molecule has 196 valence electrons. The number of fused-ring (bicyclic) bond motifs is 2. The summed E-state index contributed by atoms with van der Waals surface area (Å²) < 4.78 is 15.5. The van der Waals surface area contributed by atoms with Crippen molar-refractivity contribution < 1.29 is 37.9 Å². The number of carbonyl (C=O) groups excluding carboxylic acids is 4. The van der Waals surface area contributed by atoms with Gasteiger partial charge in [0.2, 0.25) is 11.8 Å². The summed E-state index contributed by atoms with van der Waals surface area (Å²) in [6.45, 7) is 0.300. The first-order chi connectivity index (χ1) is 16.8. The lowest BCUT2D eigenvalue weighted by molar-refractivity contribution is -0.170. The first-order valence-corrected chi connectivity index (χ1v) is 12.1. The van der Waals surface area contributed by atoms with Crippen molar-refractivity contribution in [3.8, 4) is 0 Å². The molecule has 11 nitrogen and oxygen atoms in total. The van der Waals surface area contributed by atoms with E-state index < -0.39 is 67.3 Å². The van der Waals surface area contributed by atoms with Crippen molar-refractivity contribution in [2.24, 2.45) is 5.92 Å². The number of aliphatic carboxylic acids is 1. The van der Waals surface area contributed by atoms with Crippen molar-refractivity contribution in [1.82, 2.24) is 15.5 Å². The minimum atomic E-state index is -2.97. The first-order valence-electron chi connectivity index (χ1n) is 11.3. The second kappa shape index (κ2) is 10.7. The number of halogens is 2. The van der Waals surface area contributed by atoms with E-state index in [0.29, 0.717) is 5.02 Å². The third-order valence-electron chi connectivity index (χ3n) is 5.90. The van der Waals surface area contributed by atoms with Crippen molar-refractivity contribution in [2.75, 3.05) is 20.6 Å². The minimum absolute atomic E-state index is 0.0284. The van der Waals surface area contributed by atoms with Crippen molar-refractivity contribution in [3.05, 3.63) is 33.8 Å². The Balaban J connectivity index is 1.77. The topological polar surface area (TPSA) is 144 Å². The van der Waals surface area contributed by atoms with Crippen LogP contribution in [0.3, 0.4) is 0 Å². The molecule has 0 saturated carbocycles. The Morgan fingerprint density at radius 1 is 1.22 bits per heavy atom. The zero-order valence-electron chi connectivity index (χ0n) is 20.3. The summed E-state index contributed by atoms with van der Waals surface area (Å²) in [6, 6.07) is 4.35. The van der Waals surface area contributed by atoms with Crippen LogP contribution in [0.1, 0.15) is 43.5 Å². The summed E-state index contributed by atoms with van der Waals surface area (Å²) in [4.78, 5) is 64.3. The van der Waals surface area contributed by atoms with E-state index in [1.165, 1.54) is 37.2 Å². The monoisotopic (exact) mass is 543 g/mol. The maximum atomic E-state index is 12.9. The fraction of sp³-hybridized carbons (Fsp3) is 0.500. The lowest BCUT2D eigenvalue weighted by atomic mass is 9.64. The van der Waals surface area contributed by atoms with E-state index in [4.69, 9.17) is 32.5 Å². The molecule has 0 aliphatic carbocycles. The lowest BCUT2D eigenvalue weighted by Gasteiger charge is -2.43. The zero-order chi connectivity index (χ0) is 26.8. The second-order valence-electron chi connectivity index (χ2n) is 9.52. The summed E-state index contributed by atoms with van der Waals surface area (Å²) in [7, 11) is 3.03. The zero-order valence-corrected chi connectivity index (χ0v) is 21.8. The average Bonchev–Trinajstić information content (AvgIpc) is 2.98. The Kier molecular flexibility index (Phi) is 8.22. The van der Waals surface area contributed by atoms with Crippen molar-refractivity contribution in [1.29, 1.82) is 0 Å². The van der Waals surface area contributed by atoms with Gasteiger partial charge in [0.15, 0.2) is 5.60 Å². The van der Waals surface area contributed by atoms with E-state index in [2.05, 4.69) is 15.3 Å². The van der Waals surface area contributed by atoms with E-state index in [1.54, 1.807) is 0 Å². The first kappa shape index (κ1) is 27.8. The highest BCUT2D eigenvalue weighted by Crippen LogP contribution is 2.42. The molecule has 1 aromatic rings. The van der Waals surface area contributed by atoms with Crippen LogP contribution < -0.4 is 10.6 Å². The fourth-order valence-corrected chi connectivity index (χ4v) is 4.55. The Morgan fingerprint density at radius 3 is 2.56 bits per heavy atom. The summed E-state index contributed by atoms with van der Waals surface area (Å²) in [5, 5.41) is 5.58. The van der Waals surface area contributed by atoms with Gasteiger partial charge in [-0.1, -0.05) is 43.5 Å². The summed E-state index contributed by atoms with van der Waals surface area (Å²) in [5.74, 6) is -4.26. The van der Waals surface area contributed by atoms with Crippen LogP contribution in [0.25, 0.3) is 0 Å². The van der Waals surface area contributed by atoms with Gasteiger partial charge in [-0.2, -0.15) is 0 Å². The number of hydrogen-bond donors (Lipinski definition) is 2. The smallest absolute Gasteiger partial charge is 0.594 e. The number of benzene rings is 1. The SMILES string of the molecule is CC(C)C[C@H](NC(=O)CNC(=O)c1cc(Cl)ccc1Cl)[B-]12OC(=O)[C@](CC(=O)N(C)C)(CC(=O)[OH+]1)O2. The van der Waals surface area contributed by atoms with Crippen LogP contribution in [-0.2, 0) is 28.5 Å². The van der Waals surface area contributed by atoms with Gasteiger partial charge in [-0.15, -0.1) is 0 Å². The highest BCUT2D eigenvalue weighted by atomic mass is 35.5. The maximum absolute atomic E-state index is 12.9. The van der Waals surface area contributed by atoms with Gasteiger partial charge in [0.25, 0.3) is 11.9 Å². The van der Waals surface area contributed by atoms with E-state index in [1.807, 2.05) is 13.8 Å². The van der Waals surface area contributed by atoms with Gasteiger partial charge < -0.3 is 29.5 Å². The molecule has 2 aliphatic heterocycles. The van der Waals surface area contributed by atoms with Gasteiger partial charge in [0.05, 0.1) is 23.6 Å². The van der Waals surface area contributed by atoms with Crippen LogP contribution in [0, 0.1) is 5.92 Å². The Labute approximate surface area is 218 Å². The van der Waals surface area contributed by atoms with Crippen LogP contribution in [0.15, 0.2) is 18.2 Å². The van der Waals surface area contributed by atoms with Crippen molar-refractivity contribution in [2.45, 2.75) is 44.7 Å². The Morgan fingerprint density at radius 2 is 1.92 bits per heavy atom. The molecule has 1 unspecified atom stereocenters. The molecule has 2 saturated heterocycles. The van der Waals surface area contributed by atoms with Crippen LogP contribution in [0.4, 0.5) is 0 Å². The molecule has 36 heavy (non-hydrogen) atoms. The quantitative estimate of drug-likeness (QED) is 0.349. The van der Waals surface area contributed by atoms with Crippen molar-refractivity contribution >= 4 is 59.6 Å². The van der Waals surface area contributed by atoms with Crippen LogP contribution in [0.5, 0.6) is 0 Å². The maximum Gasteiger partial charge on any atom is 0.594 e. The second-order valence-corrected chi connectivity index (χ2v) is 10.4. The highest BCUT2D eigenvalue weighted by Gasteiger charge is 2.68. The van der Waals surface area contributed by atoms with Gasteiger partial charge in [-0.25, -0.2) is 0 Å². The van der Waals surface area contributed by atoms with Gasteiger partial charge >= 0.3 is 12.7 Å². The fourth-order valence-electron chi connectivity index (χ4n) is 4.18. The Bertz CT molecular complexity index is 1100. The molecule has 0 radical (unpaired) electrons.